The van der Waals surface area contributed by atoms with Crippen molar-refractivity contribution in [2.24, 2.45) is 11.8 Å². The van der Waals surface area contributed by atoms with Gasteiger partial charge in [0.15, 0.2) is 11.1 Å². The van der Waals surface area contributed by atoms with Crippen LogP contribution in [-0.4, -0.2) is 58.0 Å². The fourth-order valence-corrected chi connectivity index (χ4v) is 6.46. The smallest absolute Gasteiger partial charge is 0.313 e. The monoisotopic (exact) mass is 607 g/mol. The van der Waals surface area contributed by atoms with Crippen LogP contribution in [0.25, 0.3) is 10.8 Å². The summed E-state index contributed by atoms with van der Waals surface area (Å²) in [5, 5.41) is 21.2. The maximum absolute atomic E-state index is 11.7. The molecule has 7 nitrogen and oxygen atoms in total. The summed E-state index contributed by atoms with van der Waals surface area (Å²) in [7, 11) is 0. The number of thioether (sulfide) groups is 2. The third-order valence-electron chi connectivity index (χ3n) is 7.23. The van der Waals surface area contributed by atoms with Gasteiger partial charge in [-0.15, -0.1) is 0 Å². The average molecular weight is 608 g/mol. The van der Waals surface area contributed by atoms with Crippen molar-refractivity contribution in [3.8, 4) is 0 Å². The van der Waals surface area contributed by atoms with Crippen LogP contribution in [0.3, 0.4) is 0 Å². The van der Waals surface area contributed by atoms with Crippen molar-refractivity contribution in [1.82, 2.24) is 0 Å². The second-order valence-electron chi connectivity index (χ2n) is 10.4. The molecule has 0 aromatic heterocycles. The molecule has 4 unspecified atom stereocenters. The third kappa shape index (κ3) is 12.4. The van der Waals surface area contributed by atoms with E-state index in [-0.39, 0.29) is 11.5 Å². The highest BCUT2D eigenvalue weighted by Crippen LogP contribution is 2.37. The quantitative estimate of drug-likeness (QED) is 0.121. The minimum absolute atomic E-state index is 0.151. The highest BCUT2D eigenvalue weighted by Gasteiger charge is 2.32. The maximum Gasteiger partial charge on any atom is 0.313 e. The molecule has 2 rings (SSSR count). The van der Waals surface area contributed by atoms with E-state index in [1.807, 2.05) is 47.4 Å². The Bertz CT molecular complexity index is 991. The number of fused-ring (bicyclic) bond motifs is 1. The number of aliphatic carboxylic acids is 2. The van der Waals surface area contributed by atoms with Gasteiger partial charge in [0.1, 0.15) is 0 Å². The van der Waals surface area contributed by atoms with E-state index in [0.29, 0.717) is 25.0 Å². The molecule has 2 aromatic rings. The number of carbonyl (C=O) groups is 2. The van der Waals surface area contributed by atoms with Crippen molar-refractivity contribution in [3.05, 3.63) is 42.5 Å². The molecule has 9 heteroatoms. The number of benzene rings is 2. The first-order valence-corrected chi connectivity index (χ1v) is 17.1. The summed E-state index contributed by atoms with van der Waals surface area (Å²) in [6.45, 7) is 9.63. The van der Waals surface area contributed by atoms with E-state index < -0.39 is 23.1 Å². The molecule has 0 fully saturated rings. The Morgan fingerprint density at radius 2 is 1.24 bits per heavy atom. The molecule has 0 spiro atoms. The van der Waals surface area contributed by atoms with Crippen molar-refractivity contribution in [3.63, 3.8) is 0 Å². The van der Waals surface area contributed by atoms with Crippen molar-refractivity contribution < 1.29 is 29.3 Å². The number of nitrogens with zero attached hydrogens (tertiary/aromatic N) is 1. The van der Waals surface area contributed by atoms with Gasteiger partial charge in [0.2, 0.25) is 0 Å². The maximum atomic E-state index is 11.7. The molecule has 0 bridgehead atoms. The van der Waals surface area contributed by atoms with Gasteiger partial charge in [-0.25, -0.2) is 0 Å². The SMILES string of the molecule is CCCCC(CC)COC(SCC(=O)O)N(c1cccc2ccccc12)C(OCC(CC)CCCC)SCC(=O)O. The van der Waals surface area contributed by atoms with E-state index in [9.17, 15) is 19.8 Å². The van der Waals surface area contributed by atoms with Crippen LogP contribution in [0.15, 0.2) is 42.5 Å². The van der Waals surface area contributed by atoms with Gasteiger partial charge < -0.3 is 24.6 Å². The van der Waals surface area contributed by atoms with Gasteiger partial charge >= 0.3 is 11.9 Å². The lowest BCUT2D eigenvalue weighted by Crippen LogP contribution is -2.45. The Balaban J connectivity index is 2.56. The van der Waals surface area contributed by atoms with E-state index in [1.54, 1.807) is 0 Å². The van der Waals surface area contributed by atoms with Gasteiger partial charge in [-0.2, -0.15) is 0 Å². The zero-order chi connectivity index (χ0) is 30.0. The molecule has 0 saturated carbocycles. The highest BCUT2D eigenvalue weighted by molar-refractivity contribution is 8.01. The van der Waals surface area contributed by atoms with Crippen molar-refractivity contribution in [2.75, 3.05) is 29.6 Å². The predicted octanol–water partition coefficient (Wildman–Crippen LogP) is 8.32. The molecule has 0 amide bonds. The van der Waals surface area contributed by atoms with Crippen LogP contribution >= 0.6 is 23.5 Å². The molecule has 0 aliphatic heterocycles. The summed E-state index contributed by atoms with van der Waals surface area (Å²) in [4.78, 5) is 25.5. The molecule has 41 heavy (non-hydrogen) atoms. The molecule has 230 valence electrons. The molecule has 0 saturated heterocycles. The van der Waals surface area contributed by atoms with Crippen LogP contribution in [-0.2, 0) is 19.1 Å². The van der Waals surface area contributed by atoms with Crippen molar-refractivity contribution in [1.29, 1.82) is 0 Å². The minimum Gasteiger partial charge on any atom is -0.481 e. The molecule has 2 aromatic carbocycles. The molecule has 0 radical (unpaired) electrons. The fraction of sp³-hybridized carbons (Fsp3) is 0.625. The topological polar surface area (TPSA) is 96.3 Å². The Kier molecular flexibility index (Phi) is 17.2. The Labute approximate surface area is 254 Å². The van der Waals surface area contributed by atoms with Crippen LogP contribution in [0.2, 0.25) is 0 Å². The molecule has 4 atom stereocenters. The Hall–Kier alpha value is -1.94. The van der Waals surface area contributed by atoms with Crippen LogP contribution in [0.5, 0.6) is 0 Å². The number of carboxylic acid groups (broad SMARTS) is 2. The van der Waals surface area contributed by atoms with Gasteiger partial charge in [0.25, 0.3) is 0 Å². The van der Waals surface area contributed by atoms with Crippen LogP contribution in [0, 0.1) is 11.8 Å². The van der Waals surface area contributed by atoms with E-state index in [2.05, 4.69) is 27.7 Å². The van der Waals surface area contributed by atoms with Gasteiger partial charge in [-0.05, 0) is 36.1 Å². The van der Waals surface area contributed by atoms with Gasteiger partial charge in [-0.3, -0.25) is 9.59 Å². The minimum atomic E-state index is -0.930. The summed E-state index contributed by atoms with van der Waals surface area (Å²) in [6, 6.07) is 14.0. The number of hydrogen-bond donors (Lipinski definition) is 2. The fourth-order valence-electron chi connectivity index (χ4n) is 4.70. The first-order valence-electron chi connectivity index (χ1n) is 15.0. The predicted molar refractivity (Wildman–Crippen MR) is 173 cm³/mol. The van der Waals surface area contributed by atoms with E-state index in [0.717, 1.165) is 67.8 Å². The molecule has 0 aliphatic rings. The number of anilines is 1. The van der Waals surface area contributed by atoms with Gasteiger partial charge in [-0.1, -0.05) is 126 Å². The van der Waals surface area contributed by atoms with Gasteiger partial charge in [0, 0.05) is 5.39 Å². The Morgan fingerprint density at radius 1 is 0.756 bits per heavy atom. The molecular formula is C32H49NO6S2. The molecule has 2 N–H and O–H groups in total. The number of carboxylic acids is 2. The first kappa shape index (κ1) is 35.3. The molecular weight excluding hydrogens is 558 g/mol. The Morgan fingerprint density at radius 3 is 1.71 bits per heavy atom. The standard InChI is InChI=1S/C32H49NO6S2/c1-5-9-14-24(7-3)20-38-31(40-22-29(34)35)33(28-19-13-17-26-16-11-12-18-27(26)28)32(41-23-30(36)37)39-21-25(8-4)15-10-6-2/h11-13,16-19,24-25,31-32H,5-10,14-15,20-23H2,1-4H3,(H,34,35)(H,36,37). The second kappa shape index (κ2) is 20.1. The van der Waals surface area contributed by atoms with Crippen LogP contribution in [0.4, 0.5) is 5.69 Å². The summed E-state index contributed by atoms with van der Waals surface area (Å²) in [5.41, 5.74) is -0.540. The largest absolute Gasteiger partial charge is 0.481 e. The van der Waals surface area contributed by atoms with E-state index in [4.69, 9.17) is 9.47 Å². The molecule has 0 aliphatic carbocycles. The normalized spacial score (nSPS) is 14.4. The average Bonchev–Trinajstić information content (AvgIpc) is 2.97. The molecule has 0 heterocycles. The summed E-state index contributed by atoms with van der Waals surface area (Å²) >= 11 is 2.39. The third-order valence-corrected chi connectivity index (χ3v) is 9.36. The summed E-state index contributed by atoms with van der Waals surface area (Å²) in [5.74, 6) is -1.46. The van der Waals surface area contributed by atoms with Crippen LogP contribution < -0.4 is 4.90 Å². The summed E-state index contributed by atoms with van der Waals surface area (Å²) < 4.78 is 13.2. The number of rotatable bonds is 23. The number of ether oxygens (including phenoxy) is 2. The van der Waals surface area contributed by atoms with E-state index >= 15 is 0 Å². The van der Waals surface area contributed by atoms with E-state index in [1.165, 1.54) is 23.5 Å². The zero-order valence-corrected chi connectivity index (χ0v) is 26.8. The summed E-state index contributed by atoms with van der Waals surface area (Å²) in [6.07, 6.45) is 8.45. The lowest BCUT2D eigenvalue weighted by molar-refractivity contribution is -0.135. The first-order chi connectivity index (χ1) is 19.8. The number of unbranched alkanes of at least 4 members (excludes halogenated alkanes) is 2. The number of hydrogen-bond acceptors (Lipinski definition) is 7. The van der Waals surface area contributed by atoms with Crippen molar-refractivity contribution in [2.45, 2.75) is 90.2 Å². The second-order valence-corrected chi connectivity index (χ2v) is 12.5. The van der Waals surface area contributed by atoms with Gasteiger partial charge in [0.05, 0.1) is 30.4 Å². The zero-order valence-electron chi connectivity index (χ0n) is 25.1. The van der Waals surface area contributed by atoms with Crippen LogP contribution in [0.1, 0.15) is 79.1 Å². The van der Waals surface area contributed by atoms with Crippen molar-refractivity contribution >= 4 is 51.9 Å². The lowest BCUT2D eigenvalue weighted by atomic mass is 10.0. The highest BCUT2D eigenvalue weighted by atomic mass is 32.2. The lowest BCUT2D eigenvalue weighted by Gasteiger charge is -2.39.